The normalized spacial score (nSPS) is 35.2. The zero-order chi connectivity index (χ0) is 14.5. The maximum absolute atomic E-state index is 11.9. The minimum absolute atomic E-state index is 0.206. The lowest BCUT2D eigenvalue weighted by molar-refractivity contribution is -0.125. The first-order valence-corrected chi connectivity index (χ1v) is 10.6. The molecule has 1 unspecified atom stereocenters. The molecule has 2 fully saturated rings. The van der Waals surface area contributed by atoms with Gasteiger partial charge in [0.15, 0.2) is 0 Å². The van der Waals surface area contributed by atoms with Gasteiger partial charge in [-0.15, -0.1) is 5.54 Å². The van der Waals surface area contributed by atoms with Crippen LogP contribution in [0, 0.1) is 22.8 Å². The van der Waals surface area contributed by atoms with Gasteiger partial charge in [-0.05, 0) is 18.9 Å². The highest BCUT2D eigenvalue weighted by molar-refractivity contribution is 6.83. The van der Waals surface area contributed by atoms with Crippen LogP contribution in [0.15, 0.2) is 11.6 Å². The summed E-state index contributed by atoms with van der Waals surface area (Å²) >= 11 is 0. The van der Waals surface area contributed by atoms with Crippen LogP contribution < -0.4 is 0 Å². The average Bonchev–Trinajstić information content (AvgIpc) is 2.64. The lowest BCUT2D eigenvalue weighted by Crippen LogP contribution is -2.43. The number of Topliss-reactive ketones (excluding diaryl/α,β-unsaturated/α-hetero) is 1. The summed E-state index contributed by atoms with van der Waals surface area (Å²) in [6.45, 7) is 10.7. The minimum atomic E-state index is -1.37. The van der Waals surface area contributed by atoms with E-state index in [1.54, 1.807) is 0 Å². The van der Waals surface area contributed by atoms with Crippen LogP contribution >= 0.6 is 0 Å². The number of carbonyl (C=O) groups is 1. The van der Waals surface area contributed by atoms with E-state index in [0.29, 0.717) is 19.3 Å². The number of rotatable bonds is 0. The van der Waals surface area contributed by atoms with Crippen LogP contribution in [0.25, 0.3) is 0 Å². The van der Waals surface area contributed by atoms with Crippen molar-refractivity contribution in [2.24, 2.45) is 11.3 Å². The molecule has 0 aliphatic heterocycles. The van der Waals surface area contributed by atoms with Gasteiger partial charge in [-0.25, -0.2) is 0 Å². The van der Waals surface area contributed by atoms with E-state index < -0.39 is 13.7 Å². The molecule has 2 saturated carbocycles. The van der Waals surface area contributed by atoms with Gasteiger partial charge >= 0.3 is 0 Å². The second kappa shape index (κ2) is 4.33. The molecule has 104 valence electrons. The molecule has 2 aliphatic rings. The van der Waals surface area contributed by atoms with Crippen molar-refractivity contribution < 1.29 is 9.90 Å². The first-order valence-electron chi connectivity index (χ1n) is 7.05. The van der Waals surface area contributed by atoms with Gasteiger partial charge in [0, 0.05) is 11.8 Å². The Labute approximate surface area is 117 Å². The second-order valence-corrected chi connectivity index (χ2v) is 12.2. The Morgan fingerprint density at radius 2 is 2.00 bits per heavy atom. The molecule has 0 saturated heterocycles. The molecule has 2 rings (SSSR count). The van der Waals surface area contributed by atoms with Crippen LogP contribution in [0.3, 0.4) is 0 Å². The Bertz CT molecular complexity index is 499. The summed E-state index contributed by atoms with van der Waals surface area (Å²) in [6.07, 6.45) is 3.77. The molecule has 0 heterocycles. The lowest BCUT2D eigenvalue weighted by atomic mass is 9.73. The van der Waals surface area contributed by atoms with Crippen molar-refractivity contribution in [2.45, 2.75) is 58.4 Å². The number of fused-ring (bicyclic) bond motifs is 1. The molecule has 0 aromatic carbocycles. The largest absolute Gasteiger partial charge is 0.388 e. The fourth-order valence-corrected chi connectivity index (χ4v) is 3.80. The zero-order valence-electron chi connectivity index (χ0n) is 12.6. The van der Waals surface area contributed by atoms with Gasteiger partial charge in [0.05, 0.1) is 11.5 Å². The van der Waals surface area contributed by atoms with Crippen LogP contribution in [0.1, 0.15) is 33.1 Å². The van der Waals surface area contributed by atoms with Crippen LogP contribution in [0.5, 0.6) is 0 Å². The summed E-state index contributed by atoms with van der Waals surface area (Å²) in [5.74, 6) is 3.19. The van der Waals surface area contributed by atoms with E-state index in [-0.39, 0.29) is 17.1 Å². The SMILES string of the molecule is CC1(C)/C(=C/C#C[Si](C)(C)C)CC2C(=O)CC[C@]21O. The molecule has 19 heavy (non-hydrogen) atoms. The van der Waals surface area contributed by atoms with E-state index in [2.05, 4.69) is 31.1 Å². The van der Waals surface area contributed by atoms with Gasteiger partial charge in [0.25, 0.3) is 0 Å². The van der Waals surface area contributed by atoms with Gasteiger partial charge in [-0.1, -0.05) is 45.0 Å². The molecule has 3 heteroatoms. The Balaban J connectivity index is 2.33. The average molecular weight is 276 g/mol. The third-order valence-electron chi connectivity index (χ3n) is 4.72. The highest BCUT2D eigenvalue weighted by Gasteiger charge is 2.61. The van der Waals surface area contributed by atoms with E-state index >= 15 is 0 Å². The third-order valence-corrected chi connectivity index (χ3v) is 5.61. The zero-order valence-corrected chi connectivity index (χ0v) is 13.6. The Morgan fingerprint density at radius 1 is 1.37 bits per heavy atom. The molecule has 0 spiro atoms. The van der Waals surface area contributed by atoms with E-state index in [0.717, 1.165) is 5.57 Å². The molecule has 0 aromatic rings. The Hall–Kier alpha value is -0.853. The van der Waals surface area contributed by atoms with E-state index in [1.807, 2.05) is 19.9 Å². The first-order chi connectivity index (χ1) is 8.58. The number of carbonyl (C=O) groups excluding carboxylic acids is 1. The van der Waals surface area contributed by atoms with Gasteiger partial charge in [0.1, 0.15) is 13.9 Å². The molecule has 2 nitrogen and oxygen atoms in total. The van der Waals surface area contributed by atoms with Gasteiger partial charge in [-0.2, -0.15) is 0 Å². The monoisotopic (exact) mass is 276 g/mol. The van der Waals surface area contributed by atoms with Crippen LogP contribution in [-0.2, 0) is 4.79 Å². The first kappa shape index (κ1) is 14.6. The Morgan fingerprint density at radius 3 is 2.53 bits per heavy atom. The summed E-state index contributed by atoms with van der Waals surface area (Å²) in [5.41, 5.74) is 3.27. The molecule has 0 bridgehead atoms. The molecular formula is C16H24O2Si. The van der Waals surface area contributed by atoms with Gasteiger partial charge in [0.2, 0.25) is 0 Å². The van der Waals surface area contributed by atoms with Crippen molar-refractivity contribution in [1.29, 1.82) is 0 Å². The van der Waals surface area contributed by atoms with Gasteiger partial charge in [-0.3, -0.25) is 4.79 Å². The molecule has 0 radical (unpaired) electrons. The fraction of sp³-hybridized carbons (Fsp3) is 0.688. The van der Waals surface area contributed by atoms with Crippen molar-refractivity contribution in [3.8, 4) is 11.5 Å². The number of aliphatic hydroxyl groups is 1. The van der Waals surface area contributed by atoms with E-state index in [1.165, 1.54) is 0 Å². The summed E-state index contributed by atoms with van der Waals surface area (Å²) in [6, 6.07) is 0. The maximum atomic E-state index is 11.9. The number of hydrogen-bond acceptors (Lipinski definition) is 2. The topological polar surface area (TPSA) is 37.3 Å². The smallest absolute Gasteiger partial charge is 0.139 e. The van der Waals surface area contributed by atoms with Crippen LogP contribution in [-0.4, -0.2) is 24.6 Å². The minimum Gasteiger partial charge on any atom is -0.388 e. The molecule has 1 N–H and O–H groups in total. The summed E-state index contributed by atoms with van der Waals surface area (Å²) < 4.78 is 0. The van der Waals surface area contributed by atoms with Crippen molar-refractivity contribution >= 4 is 13.9 Å². The van der Waals surface area contributed by atoms with Crippen molar-refractivity contribution in [3.63, 3.8) is 0 Å². The fourth-order valence-electron chi connectivity index (χ4n) is 3.29. The molecule has 2 aliphatic carbocycles. The second-order valence-electron chi connectivity index (χ2n) is 7.46. The molecular weight excluding hydrogens is 252 g/mol. The quantitative estimate of drug-likeness (QED) is 0.545. The van der Waals surface area contributed by atoms with Crippen LogP contribution in [0.2, 0.25) is 19.6 Å². The van der Waals surface area contributed by atoms with Crippen LogP contribution in [0.4, 0.5) is 0 Å². The number of ketones is 1. The third kappa shape index (κ3) is 2.32. The summed E-state index contributed by atoms with van der Waals surface area (Å²) in [5, 5.41) is 10.9. The van der Waals surface area contributed by atoms with Crippen molar-refractivity contribution in [3.05, 3.63) is 11.6 Å². The molecule has 2 atom stereocenters. The van der Waals surface area contributed by atoms with Crippen molar-refractivity contribution in [1.82, 2.24) is 0 Å². The lowest BCUT2D eigenvalue weighted by Gasteiger charge is -2.36. The highest BCUT2D eigenvalue weighted by Crippen LogP contribution is 2.58. The van der Waals surface area contributed by atoms with Crippen molar-refractivity contribution in [2.75, 3.05) is 0 Å². The number of hydrogen-bond donors (Lipinski definition) is 1. The maximum Gasteiger partial charge on any atom is 0.139 e. The predicted molar refractivity (Wildman–Crippen MR) is 80.3 cm³/mol. The molecule has 0 aromatic heterocycles. The Kier molecular flexibility index (Phi) is 3.31. The standard InChI is InChI=1S/C16H24O2Si/c1-15(2)12(7-6-10-19(3,4)5)11-13-14(17)8-9-16(13,15)18/h7,13,18H,8-9,11H2,1-5H3/b12-7+/t13?,16-/m0/s1. The summed E-state index contributed by atoms with van der Waals surface area (Å²) in [4.78, 5) is 11.9. The van der Waals surface area contributed by atoms with Gasteiger partial charge < -0.3 is 5.11 Å². The molecule has 0 amide bonds. The van der Waals surface area contributed by atoms with E-state index in [4.69, 9.17) is 0 Å². The highest BCUT2D eigenvalue weighted by atomic mass is 28.3. The number of allylic oxidation sites excluding steroid dienone is 1. The predicted octanol–water partition coefficient (Wildman–Crippen LogP) is 2.93. The summed E-state index contributed by atoms with van der Waals surface area (Å²) in [7, 11) is -1.37. The van der Waals surface area contributed by atoms with E-state index in [9.17, 15) is 9.90 Å².